The Morgan fingerprint density at radius 2 is 2.15 bits per heavy atom. The van der Waals surface area contributed by atoms with Crippen LogP contribution in [-0.4, -0.2) is 53.2 Å². The molecule has 0 spiro atoms. The molecule has 1 aromatic rings. The van der Waals surface area contributed by atoms with Crippen molar-refractivity contribution in [3.8, 4) is 0 Å². The van der Waals surface area contributed by atoms with Gasteiger partial charge in [0, 0.05) is 26.0 Å². The molecule has 0 aliphatic carbocycles. The Morgan fingerprint density at radius 3 is 2.85 bits per heavy atom. The minimum absolute atomic E-state index is 0.0242. The largest absolute Gasteiger partial charge is 0.478 e. The summed E-state index contributed by atoms with van der Waals surface area (Å²) < 4.78 is 5.16. The molecular weight excluding hydrogens is 260 g/mol. The van der Waals surface area contributed by atoms with Crippen molar-refractivity contribution in [3.05, 3.63) is 29.6 Å². The number of ether oxygens (including phenoxy) is 1. The van der Waals surface area contributed by atoms with E-state index < -0.39 is 5.97 Å². The first-order valence-corrected chi connectivity index (χ1v) is 6.61. The number of nitrogens with zero attached hydrogens (tertiary/aromatic N) is 2. The Bertz CT molecular complexity index is 502. The maximum atomic E-state index is 12.5. The van der Waals surface area contributed by atoms with Gasteiger partial charge >= 0.3 is 5.97 Å². The van der Waals surface area contributed by atoms with E-state index in [1.165, 1.54) is 18.5 Å². The van der Waals surface area contributed by atoms with E-state index in [-0.39, 0.29) is 17.5 Å². The molecule has 20 heavy (non-hydrogen) atoms. The molecule has 1 fully saturated rings. The first-order chi connectivity index (χ1) is 9.63. The first kappa shape index (κ1) is 14.5. The molecule has 1 atom stereocenters. The van der Waals surface area contributed by atoms with Crippen molar-refractivity contribution in [1.82, 2.24) is 9.88 Å². The number of pyridine rings is 1. The van der Waals surface area contributed by atoms with E-state index in [0.717, 1.165) is 19.3 Å². The van der Waals surface area contributed by atoms with E-state index in [1.807, 2.05) is 0 Å². The standard InChI is InChI=1S/C14H18N2O4/c1-20-9-12-4-2-3-5-16(12)13(17)10-6-11(14(18)19)8-15-7-10/h6-8,12H,2-5,9H2,1H3,(H,18,19). The molecule has 2 rings (SSSR count). The number of aromatic carboxylic acids is 1. The number of likely N-dealkylation sites (tertiary alicyclic amines) is 1. The summed E-state index contributed by atoms with van der Waals surface area (Å²) in [4.78, 5) is 29.0. The third-order valence-electron chi connectivity index (χ3n) is 3.48. The molecular formula is C14H18N2O4. The minimum Gasteiger partial charge on any atom is -0.478 e. The molecule has 1 aromatic heterocycles. The molecule has 2 heterocycles. The summed E-state index contributed by atoms with van der Waals surface area (Å²) in [6.07, 6.45) is 5.59. The molecule has 108 valence electrons. The molecule has 1 saturated heterocycles. The number of carboxylic acid groups (broad SMARTS) is 1. The summed E-state index contributed by atoms with van der Waals surface area (Å²) in [6.45, 7) is 1.17. The fourth-order valence-corrected chi connectivity index (χ4v) is 2.47. The quantitative estimate of drug-likeness (QED) is 0.901. The van der Waals surface area contributed by atoms with E-state index in [0.29, 0.717) is 18.7 Å². The lowest BCUT2D eigenvalue weighted by Gasteiger charge is -2.35. The van der Waals surface area contributed by atoms with E-state index >= 15 is 0 Å². The van der Waals surface area contributed by atoms with E-state index in [1.54, 1.807) is 12.0 Å². The van der Waals surface area contributed by atoms with Crippen LogP contribution in [0, 0.1) is 0 Å². The predicted molar refractivity (Wildman–Crippen MR) is 71.7 cm³/mol. The van der Waals surface area contributed by atoms with Crippen LogP contribution in [0.4, 0.5) is 0 Å². The summed E-state index contributed by atoms with van der Waals surface area (Å²) in [5, 5.41) is 8.95. The van der Waals surface area contributed by atoms with Crippen LogP contribution < -0.4 is 0 Å². The van der Waals surface area contributed by atoms with Crippen LogP contribution in [0.2, 0.25) is 0 Å². The number of aromatic nitrogens is 1. The zero-order valence-corrected chi connectivity index (χ0v) is 11.4. The van der Waals surface area contributed by atoms with Crippen molar-refractivity contribution in [3.63, 3.8) is 0 Å². The average Bonchev–Trinajstić information content (AvgIpc) is 2.47. The highest BCUT2D eigenvalue weighted by Crippen LogP contribution is 2.20. The predicted octanol–water partition coefficient (Wildman–Crippen LogP) is 1.42. The third-order valence-corrected chi connectivity index (χ3v) is 3.48. The van der Waals surface area contributed by atoms with Crippen LogP contribution in [0.5, 0.6) is 0 Å². The molecule has 1 amide bonds. The number of piperidine rings is 1. The van der Waals surface area contributed by atoms with Crippen LogP contribution >= 0.6 is 0 Å². The number of methoxy groups -OCH3 is 1. The van der Waals surface area contributed by atoms with Gasteiger partial charge in [0.25, 0.3) is 5.91 Å². The molecule has 0 bridgehead atoms. The van der Waals surface area contributed by atoms with Gasteiger partial charge in [-0.1, -0.05) is 0 Å². The van der Waals surface area contributed by atoms with Crippen molar-refractivity contribution in [2.45, 2.75) is 25.3 Å². The van der Waals surface area contributed by atoms with Crippen molar-refractivity contribution in [2.24, 2.45) is 0 Å². The zero-order chi connectivity index (χ0) is 14.5. The smallest absolute Gasteiger partial charge is 0.337 e. The Labute approximate surface area is 117 Å². The van der Waals surface area contributed by atoms with E-state index in [4.69, 9.17) is 9.84 Å². The summed E-state index contributed by atoms with van der Waals surface area (Å²) in [5.41, 5.74) is 0.337. The van der Waals surface area contributed by atoms with Crippen molar-refractivity contribution in [2.75, 3.05) is 20.3 Å². The second kappa shape index (κ2) is 6.47. The maximum absolute atomic E-state index is 12.5. The van der Waals surface area contributed by atoms with E-state index in [9.17, 15) is 9.59 Å². The van der Waals surface area contributed by atoms with Gasteiger partial charge in [-0.15, -0.1) is 0 Å². The van der Waals surface area contributed by atoms with Gasteiger partial charge in [-0.3, -0.25) is 9.78 Å². The van der Waals surface area contributed by atoms with Gasteiger partial charge in [-0.2, -0.15) is 0 Å². The average molecular weight is 278 g/mol. The molecule has 6 nitrogen and oxygen atoms in total. The number of carbonyl (C=O) groups is 2. The van der Waals surface area contributed by atoms with Crippen molar-refractivity contribution >= 4 is 11.9 Å². The Balaban J connectivity index is 2.20. The number of amides is 1. The molecule has 1 N–H and O–H groups in total. The van der Waals surface area contributed by atoms with Gasteiger partial charge in [-0.05, 0) is 25.3 Å². The normalized spacial score (nSPS) is 18.9. The third kappa shape index (κ3) is 3.14. The zero-order valence-electron chi connectivity index (χ0n) is 11.4. The summed E-state index contributed by atoms with van der Waals surface area (Å²) >= 11 is 0. The fourth-order valence-electron chi connectivity index (χ4n) is 2.47. The van der Waals surface area contributed by atoms with Crippen LogP contribution in [0.25, 0.3) is 0 Å². The first-order valence-electron chi connectivity index (χ1n) is 6.61. The molecule has 6 heteroatoms. The van der Waals surface area contributed by atoms with E-state index in [2.05, 4.69) is 4.98 Å². The molecule has 0 radical (unpaired) electrons. The highest BCUT2D eigenvalue weighted by Gasteiger charge is 2.27. The second-order valence-corrected chi connectivity index (χ2v) is 4.87. The van der Waals surface area contributed by atoms with Gasteiger partial charge in [-0.25, -0.2) is 4.79 Å². The fraction of sp³-hybridized carbons (Fsp3) is 0.500. The molecule has 1 unspecified atom stereocenters. The van der Waals surface area contributed by atoms with Gasteiger partial charge in [0.1, 0.15) is 0 Å². The van der Waals surface area contributed by atoms with Crippen LogP contribution in [-0.2, 0) is 4.74 Å². The monoisotopic (exact) mass is 278 g/mol. The Morgan fingerprint density at radius 1 is 1.40 bits per heavy atom. The van der Waals surface area contributed by atoms with Gasteiger partial charge in [0.2, 0.25) is 0 Å². The van der Waals surface area contributed by atoms with Crippen LogP contribution in [0.15, 0.2) is 18.5 Å². The van der Waals surface area contributed by atoms with Crippen molar-refractivity contribution in [1.29, 1.82) is 0 Å². The topological polar surface area (TPSA) is 79.7 Å². The lowest BCUT2D eigenvalue weighted by molar-refractivity contribution is 0.0428. The molecule has 1 aliphatic rings. The number of hydrogen-bond donors (Lipinski definition) is 1. The van der Waals surface area contributed by atoms with Crippen LogP contribution in [0.3, 0.4) is 0 Å². The number of carbonyl (C=O) groups excluding carboxylic acids is 1. The Kier molecular flexibility index (Phi) is 4.68. The van der Waals surface area contributed by atoms with Gasteiger partial charge in [0.15, 0.2) is 0 Å². The Hall–Kier alpha value is -1.95. The number of rotatable bonds is 4. The summed E-state index contributed by atoms with van der Waals surface area (Å²) in [6, 6.07) is 1.42. The number of hydrogen-bond acceptors (Lipinski definition) is 4. The lowest BCUT2D eigenvalue weighted by atomic mass is 10.0. The SMILES string of the molecule is COCC1CCCCN1C(=O)c1cncc(C(=O)O)c1. The lowest BCUT2D eigenvalue weighted by Crippen LogP contribution is -2.46. The second-order valence-electron chi connectivity index (χ2n) is 4.87. The van der Waals surface area contributed by atoms with Crippen LogP contribution in [0.1, 0.15) is 40.0 Å². The molecule has 1 aliphatic heterocycles. The highest BCUT2D eigenvalue weighted by molar-refractivity contribution is 5.97. The highest BCUT2D eigenvalue weighted by atomic mass is 16.5. The summed E-state index contributed by atoms with van der Waals surface area (Å²) in [7, 11) is 1.61. The molecule has 0 aromatic carbocycles. The van der Waals surface area contributed by atoms with Gasteiger partial charge in [0.05, 0.1) is 23.8 Å². The molecule has 0 saturated carbocycles. The maximum Gasteiger partial charge on any atom is 0.337 e. The number of carboxylic acids is 1. The summed E-state index contributed by atoms with van der Waals surface area (Å²) in [5.74, 6) is -1.26. The van der Waals surface area contributed by atoms with Gasteiger partial charge < -0.3 is 14.7 Å². The van der Waals surface area contributed by atoms with Crippen molar-refractivity contribution < 1.29 is 19.4 Å². The minimum atomic E-state index is -1.08.